The zero-order valence-corrected chi connectivity index (χ0v) is 15.2. The van der Waals surface area contributed by atoms with Crippen LogP contribution in [0.3, 0.4) is 0 Å². The maximum Gasteiger partial charge on any atom is 0.299 e. The second kappa shape index (κ2) is 7.63. The van der Waals surface area contributed by atoms with Crippen molar-refractivity contribution >= 4 is 20.2 Å². The zero-order valence-electron chi connectivity index (χ0n) is 13.6. The van der Waals surface area contributed by atoms with Gasteiger partial charge in [0.1, 0.15) is 0 Å². The Morgan fingerprint density at radius 1 is 0.760 bits per heavy atom. The first kappa shape index (κ1) is 19.5. The molecule has 0 aliphatic rings. The molecule has 0 aliphatic heterocycles. The Hall–Kier alpha value is -1.78. The van der Waals surface area contributed by atoms with E-state index in [-0.39, 0.29) is 9.79 Å². The Morgan fingerprint density at radius 2 is 1.08 bits per heavy atom. The molecule has 0 aromatic heterocycles. The summed E-state index contributed by atoms with van der Waals surface area (Å²) in [5.74, 6) is 0. The van der Waals surface area contributed by atoms with E-state index in [1.165, 1.54) is 24.3 Å². The third-order valence-corrected chi connectivity index (χ3v) is 5.87. The smallest absolute Gasteiger partial charge is 0.299 e. The molecule has 136 valence electrons. The van der Waals surface area contributed by atoms with E-state index in [2.05, 4.69) is 0 Å². The van der Waals surface area contributed by atoms with Gasteiger partial charge in [0.05, 0.1) is 16.4 Å². The van der Waals surface area contributed by atoms with E-state index < -0.39 is 33.1 Å². The fourth-order valence-corrected chi connectivity index (χ4v) is 3.86. The third kappa shape index (κ3) is 5.10. The molecule has 2 aromatic rings. The van der Waals surface area contributed by atoms with Crippen LogP contribution in [0.15, 0.2) is 58.3 Å². The van der Waals surface area contributed by atoms with Gasteiger partial charge in [-0.05, 0) is 38.1 Å². The minimum atomic E-state index is -4.30. The molecule has 0 saturated carbocycles. The van der Waals surface area contributed by atoms with Crippen molar-refractivity contribution in [2.45, 2.75) is 29.9 Å². The third-order valence-electron chi connectivity index (χ3n) is 3.24. The number of hydrogen-bond acceptors (Lipinski definition) is 7. The van der Waals surface area contributed by atoms with E-state index >= 15 is 0 Å². The Bertz CT molecular complexity index is 838. The van der Waals surface area contributed by atoms with Gasteiger partial charge in [-0.3, -0.25) is 0 Å². The summed E-state index contributed by atoms with van der Waals surface area (Å²) in [7, 11) is -8.60. The molecule has 7 nitrogen and oxygen atoms in total. The molecule has 0 saturated heterocycles. The standard InChI is InChI=1S/C16H18O7S2/c1-12-3-7-14(8-4-12)24(18,19)22-16(11-17)23-25(20,21)15-9-5-13(2)6-10-15/h3-10,16-17H,11H2,1-2H3. The average molecular weight is 386 g/mol. The fourth-order valence-electron chi connectivity index (χ4n) is 1.88. The van der Waals surface area contributed by atoms with Gasteiger partial charge in [0.2, 0.25) is 6.29 Å². The van der Waals surface area contributed by atoms with Crippen molar-refractivity contribution in [3.63, 3.8) is 0 Å². The highest BCUT2D eigenvalue weighted by molar-refractivity contribution is 7.87. The minimum absolute atomic E-state index is 0.173. The molecule has 2 rings (SSSR count). The molecule has 25 heavy (non-hydrogen) atoms. The summed E-state index contributed by atoms with van der Waals surface area (Å²) in [5.41, 5.74) is 1.69. The summed E-state index contributed by atoms with van der Waals surface area (Å²) in [6.45, 7) is 2.60. The number of aliphatic hydroxyl groups excluding tert-OH is 1. The molecule has 0 unspecified atom stereocenters. The zero-order chi connectivity index (χ0) is 18.7. The Balaban J connectivity index is 2.19. The number of rotatable bonds is 7. The lowest BCUT2D eigenvalue weighted by Gasteiger charge is -2.16. The first-order valence-electron chi connectivity index (χ1n) is 7.25. The van der Waals surface area contributed by atoms with E-state index in [0.717, 1.165) is 11.1 Å². The summed E-state index contributed by atoms with van der Waals surface area (Å²) in [6.07, 6.45) is -1.89. The van der Waals surface area contributed by atoms with Crippen LogP contribution < -0.4 is 0 Å². The second-order valence-corrected chi connectivity index (χ2v) is 8.48. The molecule has 0 radical (unpaired) electrons. The van der Waals surface area contributed by atoms with Gasteiger partial charge < -0.3 is 5.11 Å². The van der Waals surface area contributed by atoms with Crippen LogP contribution in [0.25, 0.3) is 0 Å². The molecular weight excluding hydrogens is 368 g/mol. The van der Waals surface area contributed by atoms with Crippen LogP contribution in [0, 0.1) is 13.8 Å². The van der Waals surface area contributed by atoms with Crippen molar-refractivity contribution in [3.05, 3.63) is 59.7 Å². The Morgan fingerprint density at radius 3 is 1.36 bits per heavy atom. The minimum Gasteiger partial charge on any atom is -0.391 e. The van der Waals surface area contributed by atoms with Crippen molar-refractivity contribution in [2.24, 2.45) is 0 Å². The van der Waals surface area contributed by atoms with Gasteiger partial charge in [-0.1, -0.05) is 35.4 Å². The van der Waals surface area contributed by atoms with Crippen LogP contribution in [-0.2, 0) is 28.6 Å². The van der Waals surface area contributed by atoms with Crippen LogP contribution in [0.1, 0.15) is 11.1 Å². The molecule has 2 aromatic carbocycles. The van der Waals surface area contributed by atoms with E-state index in [9.17, 15) is 21.9 Å². The van der Waals surface area contributed by atoms with Gasteiger partial charge in [-0.2, -0.15) is 16.8 Å². The molecule has 0 heterocycles. The summed E-state index contributed by atoms with van der Waals surface area (Å²) < 4.78 is 58.1. The summed E-state index contributed by atoms with van der Waals surface area (Å²) in [4.78, 5) is -0.347. The summed E-state index contributed by atoms with van der Waals surface area (Å²) in [5, 5.41) is 9.26. The predicted octanol–water partition coefficient (Wildman–Crippen LogP) is 1.73. The SMILES string of the molecule is Cc1ccc(S(=O)(=O)OC(CO)OS(=O)(=O)c2ccc(C)cc2)cc1. The monoisotopic (exact) mass is 386 g/mol. The largest absolute Gasteiger partial charge is 0.391 e. The van der Waals surface area contributed by atoms with Crippen molar-refractivity contribution in [1.29, 1.82) is 0 Å². The van der Waals surface area contributed by atoms with Crippen LogP contribution in [0.2, 0.25) is 0 Å². The Labute approximate surface area is 147 Å². The van der Waals surface area contributed by atoms with Crippen molar-refractivity contribution in [3.8, 4) is 0 Å². The molecule has 0 spiro atoms. The molecule has 9 heteroatoms. The topological polar surface area (TPSA) is 107 Å². The molecule has 0 aliphatic carbocycles. The fraction of sp³-hybridized carbons (Fsp3) is 0.250. The first-order valence-corrected chi connectivity index (χ1v) is 10.1. The van der Waals surface area contributed by atoms with E-state index in [1.54, 1.807) is 38.1 Å². The van der Waals surface area contributed by atoms with E-state index in [0.29, 0.717) is 0 Å². The molecule has 0 bridgehead atoms. The summed E-state index contributed by atoms with van der Waals surface area (Å²) >= 11 is 0. The normalized spacial score (nSPS) is 12.5. The van der Waals surface area contributed by atoms with Crippen LogP contribution >= 0.6 is 0 Å². The number of hydrogen-bond donors (Lipinski definition) is 1. The van der Waals surface area contributed by atoms with E-state index in [4.69, 9.17) is 8.37 Å². The maximum atomic E-state index is 12.2. The van der Waals surface area contributed by atoms with Gasteiger partial charge in [0.15, 0.2) is 0 Å². The Kier molecular flexibility index (Phi) is 5.96. The lowest BCUT2D eigenvalue weighted by Crippen LogP contribution is -2.28. The predicted molar refractivity (Wildman–Crippen MR) is 89.8 cm³/mol. The number of aliphatic hydroxyl groups is 1. The average Bonchev–Trinajstić information content (AvgIpc) is 2.54. The highest BCUT2D eigenvalue weighted by Crippen LogP contribution is 2.19. The van der Waals surface area contributed by atoms with Gasteiger partial charge in [0.25, 0.3) is 20.2 Å². The molecule has 1 N–H and O–H groups in total. The second-order valence-electron chi connectivity index (χ2n) is 5.34. The van der Waals surface area contributed by atoms with Crippen molar-refractivity contribution < 1.29 is 30.3 Å². The molecule has 0 atom stereocenters. The lowest BCUT2D eigenvalue weighted by molar-refractivity contribution is -0.0258. The van der Waals surface area contributed by atoms with Gasteiger partial charge in [-0.15, -0.1) is 0 Å². The first-order chi connectivity index (χ1) is 11.6. The van der Waals surface area contributed by atoms with Gasteiger partial charge >= 0.3 is 0 Å². The maximum absolute atomic E-state index is 12.2. The van der Waals surface area contributed by atoms with Crippen molar-refractivity contribution in [1.82, 2.24) is 0 Å². The van der Waals surface area contributed by atoms with Gasteiger partial charge in [-0.25, -0.2) is 8.37 Å². The van der Waals surface area contributed by atoms with E-state index in [1.807, 2.05) is 0 Å². The highest BCUT2D eigenvalue weighted by Gasteiger charge is 2.27. The van der Waals surface area contributed by atoms with Gasteiger partial charge in [0, 0.05) is 0 Å². The van der Waals surface area contributed by atoms with Crippen LogP contribution in [0.4, 0.5) is 0 Å². The molecule has 0 fully saturated rings. The molecular formula is C16H18O7S2. The quantitative estimate of drug-likeness (QED) is 0.570. The lowest BCUT2D eigenvalue weighted by atomic mass is 10.2. The summed E-state index contributed by atoms with van der Waals surface area (Å²) in [6, 6.07) is 11.5. The van der Waals surface area contributed by atoms with Crippen LogP contribution in [-0.4, -0.2) is 34.8 Å². The number of aryl methyl sites for hydroxylation is 2. The number of benzene rings is 2. The van der Waals surface area contributed by atoms with Crippen molar-refractivity contribution in [2.75, 3.05) is 6.61 Å². The highest BCUT2D eigenvalue weighted by atomic mass is 32.2. The van der Waals surface area contributed by atoms with Crippen LogP contribution in [0.5, 0.6) is 0 Å². The molecule has 0 amide bonds.